The average Bonchev–Trinajstić information content (AvgIpc) is 3.47. The Bertz CT molecular complexity index is 1340. The molecule has 0 N–H and O–H groups in total. The van der Waals surface area contributed by atoms with E-state index in [-0.39, 0.29) is 16.4 Å². The highest BCUT2D eigenvalue weighted by Crippen LogP contribution is 2.36. The lowest BCUT2D eigenvalue weighted by Crippen LogP contribution is -2.10. The van der Waals surface area contributed by atoms with E-state index in [0.29, 0.717) is 29.0 Å². The fraction of sp³-hybridized carbons (Fsp3) is 0.280. The van der Waals surface area contributed by atoms with Crippen molar-refractivity contribution in [2.45, 2.75) is 50.1 Å². The van der Waals surface area contributed by atoms with Crippen LogP contribution in [0.1, 0.15) is 44.4 Å². The van der Waals surface area contributed by atoms with Crippen molar-refractivity contribution < 1.29 is 9.34 Å². The minimum atomic E-state index is -0.450. The lowest BCUT2D eigenvalue weighted by atomic mass is 9.87. The highest BCUT2D eigenvalue weighted by Gasteiger charge is 2.22. The van der Waals surface area contributed by atoms with Crippen LogP contribution < -0.4 is 0 Å². The summed E-state index contributed by atoms with van der Waals surface area (Å²) < 4.78 is 7.86. The van der Waals surface area contributed by atoms with Gasteiger partial charge in [0.05, 0.1) is 10.2 Å². The number of thioether (sulfide) groups is 1. The SMILES string of the molecule is C=CCn1c(SC(C)c2nnc(-c3ccc([N+](=O)[O-])cc3)o2)nnc1-c1ccc(C(C)(C)C)cc1. The van der Waals surface area contributed by atoms with E-state index in [9.17, 15) is 10.1 Å². The molecule has 0 amide bonds. The number of non-ortho nitro benzene ring substituents is 1. The molecule has 0 fully saturated rings. The number of hydrogen-bond donors (Lipinski definition) is 0. The first kappa shape index (κ1) is 24.3. The number of nitro groups is 1. The van der Waals surface area contributed by atoms with Gasteiger partial charge in [0.15, 0.2) is 11.0 Å². The third-order valence-corrected chi connectivity index (χ3v) is 6.50. The van der Waals surface area contributed by atoms with Gasteiger partial charge >= 0.3 is 0 Å². The zero-order valence-corrected chi connectivity index (χ0v) is 20.8. The van der Waals surface area contributed by atoms with E-state index in [2.05, 4.69) is 72.0 Å². The van der Waals surface area contributed by atoms with Crippen LogP contribution in [0, 0.1) is 10.1 Å². The standard InChI is InChI=1S/C25H26N6O3S/c1-6-15-30-21(17-7-11-19(12-8-17)25(3,4)5)26-29-24(30)35-16(2)22-27-28-23(34-22)18-9-13-20(14-10-18)31(32)33/h6-14,16H,1,15H2,2-5H3. The molecule has 4 aromatic rings. The van der Waals surface area contributed by atoms with Crippen LogP contribution in [0.5, 0.6) is 0 Å². The number of hydrogen-bond acceptors (Lipinski definition) is 8. The number of aromatic nitrogens is 5. The molecule has 0 saturated carbocycles. The van der Waals surface area contributed by atoms with Crippen LogP contribution in [0.3, 0.4) is 0 Å². The van der Waals surface area contributed by atoms with E-state index < -0.39 is 4.92 Å². The van der Waals surface area contributed by atoms with Gasteiger partial charge in [0.1, 0.15) is 0 Å². The van der Waals surface area contributed by atoms with Crippen LogP contribution in [0.15, 0.2) is 70.8 Å². The second-order valence-electron chi connectivity index (χ2n) is 9.04. The van der Waals surface area contributed by atoms with E-state index in [1.807, 2.05) is 17.6 Å². The maximum Gasteiger partial charge on any atom is 0.269 e. The lowest BCUT2D eigenvalue weighted by Gasteiger charge is -2.19. The van der Waals surface area contributed by atoms with Gasteiger partial charge in [0, 0.05) is 29.8 Å². The second-order valence-corrected chi connectivity index (χ2v) is 10.4. The molecule has 10 heteroatoms. The third-order valence-electron chi connectivity index (χ3n) is 5.43. The van der Waals surface area contributed by atoms with Gasteiger partial charge in [-0.1, -0.05) is 62.9 Å². The zero-order valence-electron chi connectivity index (χ0n) is 20.0. The second kappa shape index (κ2) is 9.83. The first-order valence-corrected chi connectivity index (χ1v) is 11.9. The van der Waals surface area contributed by atoms with Gasteiger partial charge in [0.25, 0.3) is 5.69 Å². The summed E-state index contributed by atoms with van der Waals surface area (Å²) in [6.07, 6.45) is 1.81. The first-order valence-electron chi connectivity index (χ1n) is 11.1. The number of nitro benzene ring substituents is 1. The fourth-order valence-corrected chi connectivity index (χ4v) is 4.34. The summed E-state index contributed by atoms with van der Waals surface area (Å²) in [4.78, 5) is 10.4. The molecule has 2 aromatic carbocycles. The molecule has 0 saturated heterocycles. The molecule has 35 heavy (non-hydrogen) atoms. The number of nitrogens with zero attached hydrogens (tertiary/aromatic N) is 6. The van der Waals surface area contributed by atoms with Crippen molar-refractivity contribution >= 4 is 17.4 Å². The number of benzene rings is 2. The number of allylic oxidation sites excluding steroid dienone is 1. The Labute approximate surface area is 207 Å². The summed E-state index contributed by atoms with van der Waals surface area (Å²) in [5, 5.41) is 28.5. The van der Waals surface area contributed by atoms with Crippen LogP contribution >= 0.6 is 11.8 Å². The number of rotatable bonds is 8. The van der Waals surface area contributed by atoms with E-state index in [4.69, 9.17) is 4.42 Å². The minimum Gasteiger partial charge on any atom is -0.419 e. The smallest absolute Gasteiger partial charge is 0.269 e. The van der Waals surface area contributed by atoms with E-state index in [1.54, 1.807) is 12.1 Å². The van der Waals surface area contributed by atoms with Crippen LogP contribution in [0.4, 0.5) is 5.69 Å². The quantitative estimate of drug-likeness (QED) is 0.123. The highest BCUT2D eigenvalue weighted by molar-refractivity contribution is 7.99. The molecule has 2 heterocycles. The van der Waals surface area contributed by atoms with Gasteiger partial charge in [-0.3, -0.25) is 14.7 Å². The molecule has 0 spiro atoms. The van der Waals surface area contributed by atoms with Gasteiger partial charge in [0.2, 0.25) is 11.8 Å². The third kappa shape index (κ3) is 5.32. The topological polar surface area (TPSA) is 113 Å². The minimum absolute atomic E-state index is 0.00261. The molecule has 1 unspecified atom stereocenters. The van der Waals surface area contributed by atoms with Crippen molar-refractivity contribution in [3.63, 3.8) is 0 Å². The van der Waals surface area contributed by atoms with Crippen LogP contribution in [-0.2, 0) is 12.0 Å². The first-order chi connectivity index (χ1) is 16.7. The van der Waals surface area contributed by atoms with Gasteiger partial charge < -0.3 is 4.42 Å². The summed E-state index contributed by atoms with van der Waals surface area (Å²) >= 11 is 1.46. The lowest BCUT2D eigenvalue weighted by molar-refractivity contribution is -0.384. The molecular weight excluding hydrogens is 464 g/mol. The van der Waals surface area contributed by atoms with Gasteiger partial charge in [-0.05, 0) is 30.0 Å². The summed E-state index contributed by atoms with van der Waals surface area (Å²) in [5.74, 6) is 1.49. The van der Waals surface area contributed by atoms with Gasteiger partial charge in [-0.2, -0.15) is 0 Å². The summed E-state index contributed by atoms with van der Waals surface area (Å²) in [7, 11) is 0. The van der Waals surface area contributed by atoms with E-state index in [1.165, 1.54) is 29.5 Å². The van der Waals surface area contributed by atoms with Crippen molar-refractivity contribution in [3.05, 3.63) is 82.8 Å². The highest BCUT2D eigenvalue weighted by atomic mass is 32.2. The summed E-state index contributed by atoms with van der Waals surface area (Å²) in [6.45, 7) is 12.9. The van der Waals surface area contributed by atoms with Crippen LogP contribution in [0.2, 0.25) is 0 Å². The predicted octanol–water partition coefficient (Wildman–Crippen LogP) is 6.24. The molecule has 0 aliphatic heterocycles. The molecule has 2 aromatic heterocycles. The van der Waals surface area contributed by atoms with Crippen molar-refractivity contribution in [3.8, 4) is 22.8 Å². The largest absolute Gasteiger partial charge is 0.419 e. The molecular formula is C25H26N6O3S. The van der Waals surface area contributed by atoms with E-state index in [0.717, 1.165) is 11.4 Å². The molecule has 0 bridgehead atoms. The van der Waals surface area contributed by atoms with Crippen molar-refractivity contribution in [2.75, 3.05) is 0 Å². The van der Waals surface area contributed by atoms with E-state index >= 15 is 0 Å². The Morgan fingerprint density at radius 1 is 1.06 bits per heavy atom. The van der Waals surface area contributed by atoms with Crippen molar-refractivity contribution in [2.24, 2.45) is 0 Å². The maximum absolute atomic E-state index is 10.9. The van der Waals surface area contributed by atoms with Gasteiger partial charge in [-0.25, -0.2) is 0 Å². The van der Waals surface area contributed by atoms with Crippen LogP contribution in [-0.4, -0.2) is 29.9 Å². The maximum atomic E-state index is 10.9. The molecule has 0 aliphatic carbocycles. The molecule has 1 atom stereocenters. The normalized spacial score (nSPS) is 12.5. The van der Waals surface area contributed by atoms with Crippen molar-refractivity contribution in [1.29, 1.82) is 0 Å². The predicted molar refractivity (Wildman–Crippen MR) is 135 cm³/mol. The molecule has 180 valence electrons. The Kier molecular flexibility index (Phi) is 6.83. The fourth-order valence-electron chi connectivity index (χ4n) is 3.45. The molecule has 9 nitrogen and oxygen atoms in total. The summed E-state index contributed by atoms with van der Waals surface area (Å²) in [6, 6.07) is 14.4. The average molecular weight is 491 g/mol. The Morgan fingerprint density at radius 3 is 2.31 bits per heavy atom. The molecule has 4 rings (SSSR count). The summed E-state index contributed by atoms with van der Waals surface area (Å²) in [5.41, 5.74) is 2.91. The molecule has 0 radical (unpaired) electrons. The monoisotopic (exact) mass is 490 g/mol. The van der Waals surface area contributed by atoms with Crippen molar-refractivity contribution in [1.82, 2.24) is 25.0 Å². The Hall–Kier alpha value is -3.79. The zero-order chi connectivity index (χ0) is 25.2. The molecule has 0 aliphatic rings. The Morgan fingerprint density at radius 2 is 1.71 bits per heavy atom. The Balaban J connectivity index is 1.55. The van der Waals surface area contributed by atoms with Crippen LogP contribution in [0.25, 0.3) is 22.8 Å². The van der Waals surface area contributed by atoms with Gasteiger partial charge in [-0.15, -0.1) is 27.0 Å².